The van der Waals surface area contributed by atoms with E-state index in [2.05, 4.69) is 0 Å². The van der Waals surface area contributed by atoms with E-state index in [1.165, 1.54) is 12.3 Å². The van der Waals surface area contributed by atoms with Crippen LogP contribution in [0.5, 0.6) is 0 Å². The van der Waals surface area contributed by atoms with Crippen LogP contribution in [0.3, 0.4) is 0 Å². The van der Waals surface area contributed by atoms with E-state index in [0.29, 0.717) is 5.52 Å². The highest BCUT2D eigenvalue weighted by molar-refractivity contribution is 5.94. The van der Waals surface area contributed by atoms with Crippen LogP contribution in [0.25, 0.3) is 10.9 Å². The predicted octanol–water partition coefficient (Wildman–Crippen LogP) is 2.65. The second-order valence-corrected chi connectivity index (χ2v) is 6.50. The van der Waals surface area contributed by atoms with Crippen molar-refractivity contribution in [1.82, 2.24) is 4.57 Å². The summed E-state index contributed by atoms with van der Waals surface area (Å²) in [5.74, 6) is -2.13. The molecule has 0 amide bonds. The van der Waals surface area contributed by atoms with E-state index in [9.17, 15) is 18.8 Å². The predicted molar refractivity (Wildman–Crippen MR) is 97.3 cm³/mol. The second kappa shape index (κ2) is 8.21. The number of halogens is 1. The van der Waals surface area contributed by atoms with Gasteiger partial charge in [0.25, 0.3) is 0 Å². The highest BCUT2D eigenvalue weighted by Crippen LogP contribution is 2.37. The Balaban J connectivity index is 2.03. The highest BCUT2D eigenvalue weighted by Gasteiger charge is 2.28. The van der Waals surface area contributed by atoms with Gasteiger partial charge in [-0.05, 0) is 31.9 Å². The molecule has 1 saturated carbocycles. The Hall–Kier alpha value is -3.21. The minimum absolute atomic E-state index is 0.0553. The van der Waals surface area contributed by atoms with Crippen LogP contribution in [0.2, 0.25) is 0 Å². The number of carbonyl (C=O) groups excluding carboxylic acids is 2. The summed E-state index contributed by atoms with van der Waals surface area (Å²) in [6, 6.07) is 4.46. The molecule has 1 aliphatic rings. The van der Waals surface area contributed by atoms with E-state index in [0.717, 1.165) is 18.9 Å². The van der Waals surface area contributed by atoms with E-state index in [-0.39, 0.29) is 48.6 Å². The van der Waals surface area contributed by atoms with E-state index in [4.69, 9.17) is 14.7 Å². The first kappa shape index (κ1) is 19.5. The number of hydrogen-bond donors (Lipinski definition) is 0. The lowest BCUT2D eigenvalue weighted by Gasteiger charge is -2.14. The normalized spacial score (nSPS) is 13.2. The van der Waals surface area contributed by atoms with E-state index in [1.807, 2.05) is 6.07 Å². The minimum Gasteiger partial charge on any atom is -0.464 e. The second-order valence-electron chi connectivity index (χ2n) is 6.50. The molecule has 0 saturated heterocycles. The topological polar surface area (TPSA) is 98.4 Å². The Morgan fingerprint density at radius 3 is 2.71 bits per heavy atom. The summed E-state index contributed by atoms with van der Waals surface area (Å²) in [5.41, 5.74) is -0.189. The molecule has 3 rings (SSSR count). The van der Waals surface area contributed by atoms with Crippen molar-refractivity contribution in [3.8, 4) is 6.07 Å². The quantitative estimate of drug-likeness (QED) is 0.536. The molecule has 1 aliphatic carbocycles. The number of hydrogen-bond acceptors (Lipinski definition) is 6. The fourth-order valence-corrected chi connectivity index (χ4v) is 2.97. The van der Waals surface area contributed by atoms with Gasteiger partial charge < -0.3 is 14.0 Å². The molecule has 0 aliphatic heterocycles. The molecule has 1 fully saturated rings. The van der Waals surface area contributed by atoms with Crippen molar-refractivity contribution in [3.63, 3.8) is 0 Å². The Labute approximate surface area is 160 Å². The monoisotopic (exact) mass is 386 g/mol. The molecule has 146 valence electrons. The fourth-order valence-electron chi connectivity index (χ4n) is 2.97. The Morgan fingerprint density at radius 2 is 2.07 bits per heavy atom. The number of nitrogens with zero attached hydrogens (tertiary/aromatic N) is 2. The van der Waals surface area contributed by atoms with Crippen LogP contribution in [0, 0.1) is 17.1 Å². The molecule has 1 aromatic heterocycles. The number of rotatable bonds is 7. The van der Waals surface area contributed by atoms with Crippen molar-refractivity contribution in [2.45, 2.75) is 38.6 Å². The van der Waals surface area contributed by atoms with E-state index >= 15 is 0 Å². The maximum Gasteiger partial charge on any atom is 0.343 e. The fraction of sp³-hybridized carbons (Fsp3) is 0.400. The number of ether oxygens (including phenoxy) is 2. The van der Waals surface area contributed by atoms with Gasteiger partial charge in [0.2, 0.25) is 5.43 Å². The number of benzene rings is 1. The number of nitriles is 1. The molecular weight excluding hydrogens is 367 g/mol. The largest absolute Gasteiger partial charge is 0.464 e. The van der Waals surface area contributed by atoms with Gasteiger partial charge in [-0.15, -0.1) is 0 Å². The maximum absolute atomic E-state index is 14.6. The summed E-state index contributed by atoms with van der Waals surface area (Å²) in [6.45, 7) is 1.71. The van der Waals surface area contributed by atoms with Gasteiger partial charge in [0.15, 0.2) is 0 Å². The van der Waals surface area contributed by atoms with Crippen molar-refractivity contribution in [1.29, 1.82) is 5.26 Å². The van der Waals surface area contributed by atoms with Crippen LogP contribution in [0.4, 0.5) is 4.39 Å². The summed E-state index contributed by atoms with van der Waals surface area (Å²) < 4.78 is 26.1. The van der Waals surface area contributed by atoms with Gasteiger partial charge in [0.1, 0.15) is 18.0 Å². The summed E-state index contributed by atoms with van der Waals surface area (Å²) in [4.78, 5) is 36.7. The number of pyridine rings is 1. The summed E-state index contributed by atoms with van der Waals surface area (Å²) in [6.07, 6.45) is 2.95. The van der Waals surface area contributed by atoms with Crippen LogP contribution in [0.1, 0.15) is 48.1 Å². The first-order valence-electron chi connectivity index (χ1n) is 9.03. The van der Waals surface area contributed by atoms with Crippen LogP contribution in [0.15, 0.2) is 23.1 Å². The average molecular weight is 386 g/mol. The maximum atomic E-state index is 14.6. The van der Waals surface area contributed by atoms with Crippen LogP contribution in [-0.4, -0.2) is 29.7 Å². The molecule has 28 heavy (non-hydrogen) atoms. The standard InChI is InChI=1S/C20H19FN2O5/c1-2-27-20(26)15-11-23(13-4-5-13)17-8-12(9-18(24)28-7-3-6-22)16(21)10-14(17)19(15)25/h8,10-11,13H,2-5,7,9H2,1H3. The van der Waals surface area contributed by atoms with Gasteiger partial charge in [0, 0.05) is 23.2 Å². The number of esters is 2. The minimum atomic E-state index is -0.741. The molecule has 1 aromatic carbocycles. The molecule has 0 N–H and O–H groups in total. The molecule has 0 atom stereocenters. The lowest BCUT2D eigenvalue weighted by Crippen LogP contribution is -2.21. The molecule has 0 unspecified atom stereocenters. The van der Waals surface area contributed by atoms with E-state index < -0.39 is 23.2 Å². The third kappa shape index (κ3) is 4.03. The first-order valence-corrected chi connectivity index (χ1v) is 9.03. The number of aromatic nitrogens is 1. The third-order valence-electron chi connectivity index (χ3n) is 4.45. The van der Waals surface area contributed by atoms with Crippen LogP contribution in [-0.2, 0) is 20.7 Å². The first-order chi connectivity index (χ1) is 13.5. The van der Waals surface area contributed by atoms with Crippen molar-refractivity contribution >= 4 is 22.8 Å². The summed E-state index contributed by atoms with van der Waals surface area (Å²) in [5, 5.41) is 8.54. The third-order valence-corrected chi connectivity index (χ3v) is 4.45. The molecule has 0 bridgehead atoms. The summed E-state index contributed by atoms with van der Waals surface area (Å²) >= 11 is 0. The van der Waals surface area contributed by atoms with Crippen molar-refractivity contribution in [3.05, 3.63) is 45.5 Å². The van der Waals surface area contributed by atoms with Gasteiger partial charge >= 0.3 is 11.9 Å². The summed E-state index contributed by atoms with van der Waals surface area (Å²) in [7, 11) is 0. The van der Waals surface area contributed by atoms with Gasteiger partial charge in [-0.1, -0.05) is 0 Å². The molecular formula is C20H19FN2O5. The zero-order valence-corrected chi connectivity index (χ0v) is 15.4. The SMILES string of the molecule is CCOC(=O)c1cn(C2CC2)c2cc(CC(=O)OCCC#N)c(F)cc2c1=O. The molecule has 0 radical (unpaired) electrons. The van der Waals surface area contributed by atoms with Crippen molar-refractivity contribution < 1.29 is 23.5 Å². The van der Waals surface area contributed by atoms with Gasteiger partial charge in [-0.2, -0.15) is 5.26 Å². The Morgan fingerprint density at radius 1 is 1.32 bits per heavy atom. The van der Waals surface area contributed by atoms with E-state index in [1.54, 1.807) is 11.5 Å². The molecule has 7 nitrogen and oxygen atoms in total. The lowest BCUT2D eigenvalue weighted by atomic mass is 10.1. The average Bonchev–Trinajstić information content (AvgIpc) is 3.49. The Bertz CT molecular complexity index is 1030. The Kier molecular flexibility index (Phi) is 5.73. The molecule has 1 heterocycles. The smallest absolute Gasteiger partial charge is 0.343 e. The van der Waals surface area contributed by atoms with Crippen molar-refractivity contribution in [2.75, 3.05) is 13.2 Å². The molecule has 8 heteroatoms. The van der Waals surface area contributed by atoms with Crippen LogP contribution < -0.4 is 5.43 Å². The highest BCUT2D eigenvalue weighted by atomic mass is 19.1. The molecule has 2 aromatic rings. The van der Waals surface area contributed by atoms with Gasteiger partial charge in [-0.3, -0.25) is 9.59 Å². The van der Waals surface area contributed by atoms with Crippen molar-refractivity contribution in [2.24, 2.45) is 0 Å². The number of carbonyl (C=O) groups is 2. The molecule has 0 spiro atoms. The number of fused-ring (bicyclic) bond motifs is 1. The zero-order valence-electron chi connectivity index (χ0n) is 15.4. The van der Waals surface area contributed by atoms with Crippen LogP contribution >= 0.6 is 0 Å². The van der Waals surface area contributed by atoms with Gasteiger partial charge in [-0.25, -0.2) is 9.18 Å². The lowest BCUT2D eigenvalue weighted by molar-refractivity contribution is -0.142. The van der Waals surface area contributed by atoms with Gasteiger partial charge in [0.05, 0.1) is 31.0 Å². The zero-order chi connectivity index (χ0) is 20.3.